The van der Waals surface area contributed by atoms with Crippen molar-refractivity contribution in [2.45, 2.75) is 19.6 Å². The molecule has 0 saturated heterocycles. The van der Waals surface area contributed by atoms with Gasteiger partial charge in [-0.1, -0.05) is 48.5 Å². The van der Waals surface area contributed by atoms with Crippen LogP contribution in [0.15, 0.2) is 60.7 Å². The number of amides is 3. The molecule has 0 fully saturated rings. The Bertz CT molecular complexity index is 701. The van der Waals surface area contributed by atoms with E-state index in [0.717, 1.165) is 5.56 Å². The molecule has 6 heteroatoms. The van der Waals surface area contributed by atoms with Crippen LogP contribution in [0.2, 0.25) is 0 Å². The number of carbonyl (C=O) groups excluding carboxylic acids is 3. The first kappa shape index (κ1) is 17.2. The fourth-order valence-electron chi connectivity index (χ4n) is 1.89. The van der Waals surface area contributed by atoms with E-state index in [2.05, 4.69) is 10.6 Å². The SMILES string of the molecule is C[C@H](NC(=O)OCc1ccccc1)C(=O)NC(=O)c1ccccc1. The van der Waals surface area contributed by atoms with Gasteiger partial charge in [-0.15, -0.1) is 0 Å². The summed E-state index contributed by atoms with van der Waals surface area (Å²) >= 11 is 0. The third kappa shape index (κ3) is 5.24. The molecule has 0 aromatic heterocycles. The standard InChI is InChI=1S/C18H18N2O4/c1-13(16(21)20-17(22)15-10-6-3-7-11-15)19-18(23)24-12-14-8-4-2-5-9-14/h2-11,13H,12H2,1H3,(H,19,23)(H,20,21,22)/t13-/m0/s1. The first-order chi connectivity index (χ1) is 11.6. The van der Waals surface area contributed by atoms with Crippen molar-refractivity contribution in [3.63, 3.8) is 0 Å². The van der Waals surface area contributed by atoms with E-state index in [4.69, 9.17) is 4.74 Å². The van der Waals surface area contributed by atoms with Crippen LogP contribution in [0.5, 0.6) is 0 Å². The predicted molar refractivity (Wildman–Crippen MR) is 88.1 cm³/mol. The number of rotatable bonds is 5. The van der Waals surface area contributed by atoms with E-state index in [1.165, 1.54) is 6.92 Å². The third-order valence-electron chi connectivity index (χ3n) is 3.21. The van der Waals surface area contributed by atoms with Crippen molar-refractivity contribution in [1.82, 2.24) is 10.6 Å². The molecule has 124 valence electrons. The van der Waals surface area contributed by atoms with Crippen LogP contribution in [0.3, 0.4) is 0 Å². The van der Waals surface area contributed by atoms with Gasteiger partial charge in [-0.05, 0) is 24.6 Å². The van der Waals surface area contributed by atoms with Gasteiger partial charge < -0.3 is 10.1 Å². The van der Waals surface area contributed by atoms with E-state index in [-0.39, 0.29) is 6.61 Å². The molecule has 2 N–H and O–H groups in total. The Morgan fingerprint density at radius 3 is 2.17 bits per heavy atom. The molecule has 0 radical (unpaired) electrons. The zero-order valence-corrected chi connectivity index (χ0v) is 13.2. The quantitative estimate of drug-likeness (QED) is 0.882. The van der Waals surface area contributed by atoms with Gasteiger partial charge in [0.2, 0.25) is 5.91 Å². The minimum atomic E-state index is -0.902. The zero-order chi connectivity index (χ0) is 17.4. The maximum atomic E-state index is 11.9. The van der Waals surface area contributed by atoms with Crippen LogP contribution in [-0.2, 0) is 16.1 Å². The molecule has 0 bridgehead atoms. The second-order valence-electron chi connectivity index (χ2n) is 5.11. The molecule has 3 amide bonds. The molecule has 1 atom stereocenters. The summed E-state index contributed by atoms with van der Waals surface area (Å²) in [6, 6.07) is 16.6. The van der Waals surface area contributed by atoms with Gasteiger partial charge in [0.25, 0.3) is 5.91 Å². The van der Waals surface area contributed by atoms with Crippen molar-refractivity contribution in [2.24, 2.45) is 0 Å². The van der Waals surface area contributed by atoms with Gasteiger partial charge in [0.15, 0.2) is 0 Å². The number of ether oxygens (including phenoxy) is 1. The largest absolute Gasteiger partial charge is 0.445 e. The van der Waals surface area contributed by atoms with E-state index in [0.29, 0.717) is 5.56 Å². The highest BCUT2D eigenvalue weighted by Gasteiger charge is 2.19. The van der Waals surface area contributed by atoms with Crippen LogP contribution in [-0.4, -0.2) is 23.9 Å². The molecular weight excluding hydrogens is 308 g/mol. The van der Waals surface area contributed by atoms with Gasteiger partial charge in [-0.3, -0.25) is 14.9 Å². The first-order valence-electron chi connectivity index (χ1n) is 7.43. The summed E-state index contributed by atoms with van der Waals surface area (Å²) in [4.78, 5) is 35.5. The van der Waals surface area contributed by atoms with Crippen molar-refractivity contribution in [3.05, 3.63) is 71.8 Å². The summed E-state index contributed by atoms with van der Waals surface area (Å²) in [7, 11) is 0. The lowest BCUT2D eigenvalue weighted by Gasteiger charge is -2.13. The van der Waals surface area contributed by atoms with Gasteiger partial charge in [-0.25, -0.2) is 4.79 Å². The van der Waals surface area contributed by atoms with Crippen LogP contribution in [0, 0.1) is 0 Å². The molecule has 2 aromatic carbocycles. The van der Waals surface area contributed by atoms with Gasteiger partial charge in [-0.2, -0.15) is 0 Å². The second kappa shape index (κ2) is 8.47. The third-order valence-corrected chi connectivity index (χ3v) is 3.21. The van der Waals surface area contributed by atoms with Crippen molar-refractivity contribution in [1.29, 1.82) is 0 Å². The van der Waals surface area contributed by atoms with Crippen LogP contribution < -0.4 is 10.6 Å². The van der Waals surface area contributed by atoms with Gasteiger partial charge in [0, 0.05) is 5.56 Å². The van der Waals surface area contributed by atoms with Crippen LogP contribution in [0.25, 0.3) is 0 Å². The maximum absolute atomic E-state index is 11.9. The normalized spacial score (nSPS) is 11.2. The number of hydrogen-bond donors (Lipinski definition) is 2. The molecule has 2 aromatic rings. The summed E-state index contributed by atoms with van der Waals surface area (Å²) < 4.78 is 5.02. The van der Waals surface area contributed by atoms with Gasteiger partial charge in [0.1, 0.15) is 12.6 Å². The van der Waals surface area contributed by atoms with Gasteiger partial charge >= 0.3 is 6.09 Å². The summed E-state index contributed by atoms with van der Waals surface area (Å²) in [6.45, 7) is 1.57. The molecular formula is C18H18N2O4. The lowest BCUT2D eigenvalue weighted by Crippen LogP contribution is -2.46. The van der Waals surface area contributed by atoms with E-state index in [1.807, 2.05) is 30.3 Å². The maximum Gasteiger partial charge on any atom is 0.408 e. The predicted octanol–water partition coefficient (Wildman–Crippen LogP) is 2.26. The minimum Gasteiger partial charge on any atom is -0.445 e. The van der Waals surface area contributed by atoms with Crippen molar-refractivity contribution in [2.75, 3.05) is 0 Å². The van der Waals surface area contributed by atoms with E-state index < -0.39 is 23.9 Å². The fraction of sp³-hybridized carbons (Fsp3) is 0.167. The summed E-state index contributed by atoms with van der Waals surface area (Å²) in [5, 5.41) is 4.61. The molecule has 0 unspecified atom stereocenters. The Labute approximate surface area is 139 Å². The topological polar surface area (TPSA) is 84.5 Å². The number of imide groups is 1. The lowest BCUT2D eigenvalue weighted by molar-refractivity contribution is -0.121. The minimum absolute atomic E-state index is 0.101. The first-order valence-corrected chi connectivity index (χ1v) is 7.43. The second-order valence-corrected chi connectivity index (χ2v) is 5.11. The number of alkyl carbamates (subject to hydrolysis) is 1. The zero-order valence-electron chi connectivity index (χ0n) is 13.2. The van der Waals surface area contributed by atoms with Gasteiger partial charge in [0.05, 0.1) is 0 Å². The molecule has 24 heavy (non-hydrogen) atoms. The lowest BCUT2D eigenvalue weighted by atomic mass is 10.2. The van der Waals surface area contributed by atoms with Crippen LogP contribution >= 0.6 is 0 Å². The number of hydrogen-bond acceptors (Lipinski definition) is 4. The number of nitrogens with one attached hydrogen (secondary N) is 2. The number of carbonyl (C=O) groups is 3. The smallest absolute Gasteiger partial charge is 0.408 e. The monoisotopic (exact) mass is 326 g/mol. The average Bonchev–Trinajstić information content (AvgIpc) is 2.61. The average molecular weight is 326 g/mol. The van der Waals surface area contributed by atoms with E-state index in [1.54, 1.807) is 30.3 Å². The molecule has 0 saturated carbocycles. The molecule has 0 aliphatic heterocycles. The van der Waals surface area contributed by atoms with E-state index in [9.17, 15) is 14.4 Å². The Balaban J connectivity index is 1.78. The molecule has 6 nitrogen and oxygen atoms in total. The Hall–Kier alpha value is -3.15. The number of benzene rings is 2. The molecule has 2 rings (SSSR count). The van der Waals surface area contributed by atoms with Crippen molar-refractivity contribution in [3.8, 4) is 0 Å². The Morgan fingerprint density at radius 2 is 1.54 bits per heavy atom. The highest BCUT2D eigenvalue weighted by molar-refractivity contribution is 6.06. The van der Waals surface area contributed by atoms with Crippen molar-refractivity contribution >= 4 is 17.9 Å². The highest BCUT2D eigenvalue weighted by Crippen LogP contribution is 2.01. The van der Waals surface area contributed by atoms with Crippen molar-refractivity contribution < 1.29 is 19.1 Å². The molecule has 0 heterocycles. The van der Waals surface area contributed by atoms with Crippen LogP contribution in [0.1, 0.15) is 22.8 Å². The summed E-state index contributed by atoms with van der Waals surface area (Å²) in [5.74, 6) is -1.13. The molecule has 0 aliphatic rings. The fourth-order valence-corrected chi connectivity index (χ4v) is 1.89. The summed E-state index contributed by atoms with van der Waals surface area (Å²) in [5.41, 5.74) is 1.20. The Kier molecular flexibility index (Phi) is 6.08. The Morgan fingerprint density at radius 1 is 0.958 bits per heavy atom. The molecule has 0 spiro atoms. The van der Waals surface area contributed by atoms with E-state index >= 15 is 0 Å². The molecule has 0 aliphatic carbocycles. The summed E-state index contributed by atoms with van der Waals surface area (Å²) in [6.07, 6.45) is -0.728. The highest BCUT2D eigenvalue weighted by atomic mass is 16.5. The van der Waals surface area contributed by atoms with Crippen LogP contribution in [0.4, 0.5) is 4.79 Å².